The van der Waals surface area contributed by atoms with Gasteiger partial charge in [-0.05, 0) is 48.9 Å². The number of anilines is 1. The molecule has 1 fully saturated rings. The predicted octanol–water partition coefficient (Wildman–Crippen LogP) is 3.18. The molecular weight excluding hydrogens is 264 g/mol. The Morgan fingerprint density at radius 3 is 2.52 bits per heavy atom. The Morgan fingerprint density at radius 1 is 1.24 bits per heavy atom. The summed E-state index contributed by atoms with van der Waals surface area (Å²) in [5, 5.41) is 3.50. The summed E-state index contributed by atoms with van der Waals surface area (Å²) < 4.78 is 5.45. The Balaban J connectivity index is 1.70. The lowest BCUT2D eigenvalue weighted by Gasteiger charge is -2.26. The van der Waals surface area contributed by atoms with Gasteiger partial charge in [0.25, 0.3) is 0 Å². The van der Waals surface area contributed by atoms with Crippen molar-refractivity contribution in [1.82, 2.24) is 0 Å². The monoisotopic (exact) mass is 290 g/mol. The van der Waals surface area contributed by atoms with Crippen LogP contribution in [-0.2, 0) is 4.79 Å². The van der Waals surface area contributed by atoms with E-state index in [1.54, 1.807) is 0 Å². The molecule has 4 nitrogen and oxygen atoms in total. The van der Waals surface area contributed by atoms with Crippen LogP contribution < -0.4 is 15.8 Å². The number of hydrogen-bond acceptors (Lipinski definition) is 3. The lowest BCUT2D eigenvalue weighted by atomic mass is 9.83. The number of hydrogen-bond donors (Lipinski definition) is 2. The third kappa shape index (κ3) is 5.66. The fourth-order valence-electron chi connectivity index (χ4n) is 2.73. The van der Waals surface area contributed by atoms with Crippen LogP contribution >= 0.6 is 0 Å². The molecule has 0 heterocycles. The molecule has 2 rings (SSSR count). The quantitative estimate of drug-likeness (QED) is 0.810. The maximum Gasteiger partial charge on any atom is 0.220 e. The minimum absolute atomic E-state index is 0.250. The van der Waals surface area contributed by atoms with Gasteiger partial charge in [-0.25, -0.2) is 0 Å². The molecule has 21 heavy (non-hydrogen) atoms. The maximum absolute atomic E-state index is 10.6. The van der Waals surface area contributed by atoms with Crippen molar-refractivity contribution in [3.63, 3.8) is 0 Å². The average molecular weight is 290 g/mol. The Kier molecular flexibility index (Phi) is 5.90. The molecule has 1 aliphatic rings. The zero-order valence-corrected chi connectivity index (χ0v) is 12.8. The molecule has 0 saturated heterocycles. The standard InChI is InChI=1S/C17H26N2O2/c1-13-2-4-14(5-3-13)12-19-15-6-8-16(9-7-15)21-11-10-17(18)20/h6-9,13-14,19H,2-5,10-12H2,1H3,(H2,18,20). The molecule has 1 aromatic carbocycles. The Morgan fingerprint density at radius 2 is 1.90 bits per heavy atom. The van der Waals surface area contributed by atoms with Crippen LogP contribution in [0.15, 0.2) is 24.3 Å². The molecule has 1 aliphatic carbocycles. The van der Waals surface area contributed by atoms with Crippen LogP contribution in [0.4, 0.5) is 5.69 Å². The van der Waals surface area contributed by atoms with E-state index in [4.69, 9.17) is 10.5 Å². The highest BCUT2D eigenvalue weighted by Gasteiger charge is 2.17. The van der Waals surface area contributed by atoms with E-state index < -0.39 is 0 Å². The molecule has 1 amide bonds. The minimum atomic E-state index is -0.338. The summed E-state index contributed by atoms with van der Waals surface area (Å²) in [5.74, 6) is 2.13. The summed E-state index contributed by atoms with van der Waals surface area (Å²) in [6.45, 7) is 3.73. The first-order chi connectivity index (χ1) is 10.1. The van der Waals surface area contributed by atoms with Crippen LogP contribution in [0.5, 0.6) is 5.75 Å². The second-order valence-corrected chi connectivity index (χ2v) is 6.10. The molecule has 1 saturated carbocycles. The zero-order chi connectivity index (χ0) is 15.1. The van der Waals surface area contributed by atoms with E-state index in [2.05, 4.69) is 12.2 Å². The third-order valence-corrected chi connectivity index (χ3v) is 4.20. The first kappa shape index (κ1) is 15.7. The second-order valence-electron chi connectivity index (χ2n) is 6.10. The molecule has 0 unspecified atom stereocenters. The SMILES string of the molecule is CC1CCC(CNc2ccc(OCCC(N)=O)cc2)CC1. The van der Waals surface area contributed by atoms with Crippen molar-refractivity contribution in [2.45, 2.75) is 39.0 Å². The number of nitrogens with one attached hydrogen (secondary N) is 1. The number of amides is 1. The summed E-state index contributed by atoms with van der Waals surface area (Å²) in [6, 6.07) is 7.88. The predicted molar refractivity (Wildman–Crippen MR) is 85.4 cm³/mol. The molecule has 3 N–H and O–H groups in total. The van der Waals surface area contributed by atoms with Crippen LogP contribution in [0.3, 0.4) is 0 Å². The van der Waals surface area contributed by atoms with Gasteiger partial charge in [0, 0.05) is 12.2 Å². The van der Waals surface area contributed by atoms with Crippen molar-refractivity contribution in [1.29, 1.82) is 0 Å². The van der Waals surface area contributed by atoms with Crippen molar-refractivity contribution in [3.05, 3.63) is 24.3 Å². The van der Waals surface area contributed by atoms with Gasteiger partial charge in [0.1, 0.15) is 5.75 Å². The van der Waals surface area contributed by atoms with E-state index in [1.165, 1.54) is 25.7 Å². The topological polar surface area (TPSA) is 64.3 Å². The summed E-state index contributed by atoms with van der Waals surface area (Å²) in [4.78, 5) is 10.6. The average Bonchev–Trinajstić information content (AvgIpc) is 2.48. The Hall–Kier alpha value is -1.71. The number of nitrogens with two attached hydrogens (primary N) is 1. The highest BCUT2D eigenvalue weighted by Crippen LogP contribution is 2.28. The van der Waals surface area contributed by atoms with E-state index in [-0.39, 0.29) is 12.3 Å². The molecule has 0 radical (unpaired) electrons. The number of ether oxygens (including phenoxy) is 1. The molecule has 0 aromatic heterocycles. The van der Waals surface area contributed by atoms with Gasteiger partial charge in [-0.2, -0.15) is 0 Å². The van der Waals surface area contributed by atoms with E-state index in [1.807, 2.05) is 24.3 Å². The van der Waals surface area contributed by atoms with E-state index >= 15 is 0 Å². The van der Waals surface area contributed by atoms with E-state index in [0.717, 1.165) is 29.8 Å². The normalized spacial score (nSPS) is 21.8. The summed E-state index contributed by atoms with van der Waals surface area (Å²) in [7, 11) is 0. The van der Waals surface area contributed by atoms with Gasteiger partial charge in [0.15, 0.2) is 0 Å². The summed E-state index contributed by atoms with van der Waals surface area (Å²) >= 11 is 0. The summed E-state index contributed by atoms with van der Waals surface area (Å²) in [5.41, 5.74) is 6.19. The molecule has 0 spiro atoms. The smallest absolute Gasteiger partial charge is 0.220 e. The Bertz CT molecular complexity index is 437. The molecule has 0 atom stereocenters. The van der Waals surface area contributed by atoms with Crippen molar-refractivity contribution in [3.8, 4) is 5.75 Å². The number of primary amides is 1. The van der Waals surface area contributed by atoms with Gasteiger partial charge in [0.05, 0.1) is 13.0 Å². The first-order valence-corrected chi connectivity index (χ1v) is 7.88. The maximum atomic E-state index is 10.6. The van der Waals surface area contributed by atoms with Crippen molar-refractivity contribution in [2.75, 3.05) is 18.5 Å². The second kappa shape index (κ2) is 7.91. The molecule has 116 valence electrons. The van der Waals surface area contributed by atoms with Crippen LogP contribution in [0.2, 0.25) is 0 Å². The van der Waals surface area contributed by atoms with E-state index in [0.29, 0.717) is 6.61 Å². The molecule has 0 bridgehead atoms. The van der Waals surface area contributed by atoms with Crippen molar-refractivity contribution in [2.24, 2.45) is 17.6 Å². The largest absolute Gasteiger partial charge is 0.493 e. The van der Waals surface area contributed by atoms with E-state index in [9.17, 15) is 4.79 Å². The molecule has 0 aliphatic heterocycles. The van der Waals surface area contributed by atoms with Gasteiger partial charge in [-0.1, -0.05) is 19.8 Å². The molecular formula is C17H26N2O2. The first-order valence-electron chi connectivity index (χ1n) is 7.88. The highest BCUT2D eigenvalue weighted by atomic mass is 16.5. The highest BCUT2D eigenvalue weighted by molar-refractivity contribution is 5.73. The number of benzene rings is 1. The van der Waals surface area contributed by atoms with Gasteiger partial charge in [-0.3, -0.25) is 4.79 Å². The number of rotatable bonds is 7. The zero-order valence-electron chi connectivity index (χ0n) is 12.8. The lowest BCUT2D eigenvalue weighted by Crippen LogP contribution is -2.20. The van der Waals surface area contributed by atoms with Gasteiger partial charge in [0.2, 0.25) is 5.91 Å². The van der Waals surface area contributed by atoms with Crippen LogP contribution in [-0.4, -0.2) is 19.1 Å². The van der Waals surface area contributed by atoms with Crippen LogP contribution in [0.1, 0.15) is 39.0 Å². The lowest BCUT2D eigenvalue weighted by molar-refractivity contribution is -0.118. The molecule has 1 aromatic rings. The number of carbonyl (C=O) groups excluding carboxylic acids is 1. The van der Waals surface area contributed by atoms with Gasteiger partial charge >= 0.3 is 0 Å². The van der Waals surface area contributed by atoms with Gasteiger partial charge < -0.3 is 15.8 Å². The minimum Gasteiger partial charge on any atom is -0.493 e. The number of carbonyl (C=O) groups is 1. The van der Waals surface area contributed by atoms with Crippen LogP contribution in [0, 0.1) is 11.8 Å². The fourth-order valence-corrected chi connectivity index (χ4v) is 2.73. The summed E-state index contributed by atoms with van der Waals surface area (Å²) in [6.07, 6.45) is 5.64. The van der Waals surface area contributed by atoms with Gasteiger partial charge in [-0.15, -0.1) is 0 Å². The Labute approximate surface area is 127 Å². The third-order valence-electron chi connectivity index (χ3n) is 4.20. The van der Waals surface area contributed by atoms with Crippen LogP contribution in [0.25, 0.3) is 0 Å². The molecule has 4 heteroatoms. The van der Waals surface area contributed by atoms with Crippen molar-refractivity contribution < 1.29 is 9.53 Å². The fraction of sp³-hybridized carbons (Fsp3) is 0.588. The van der Waals surface area contributed by atoms with Crippen molar-refractivity contribution >= 4 is 11.6 Å².